The SMILES string of the molecule is CC(C)S(=O)(=O)Nc1c(F)cc(F)cc1F. The summed E-state index contributed by atoms with van der Waals surface area (Å²) in [5.74, 6) is -3.69. The summed E-state index contributed by atoms with van der Waals surface area (Å²) in [6.07, 6.45) is 0. The van der Waals surface area contributed by atoms with Crippen LogP contribution in [0.5, 0.6) is 0 Å². The van der Waals surface area contributed by atoms with Gasteiger partial charge in [-0.3, -0.25) is 4.72 Å². The number of anilines is 1. The van der Waals surface area contributed by atoms with Crippen LogP contribution in [0.15, 0.2) is 12.1 Å². The van der Waals surface area contributed by atoms with E-state index in [0.717, 1.165) is 0 Å². The van der Waals surface area contributed by atoms with Gasteiger partial charge in [0.15, 0.2) is 11.6 Å². The molecule has 0 bridgehead atoms. The quantitative estimate of drug-likeness (QED) is 0.898. The minimum Gasteiger partial charge on any atom is -0.278 e. The third kappa shape index (κ3) is 2.66. The molecule has 90 valence electrons. The fraction of sp³-hybridized carbons (Fsp3) is 0.333. The first-order valence-electron chi connectivity index (χ1n) is 4.40. The zero-order valence-corrected chi connectivity index (χ0v) is 9.41. The molecule has 0 aliphatic rings. The van der Waals surface area contributed by atoms with Crippen LogP contribution in [0, 0.1) is 17.5 Å². The maximum Gasteiger partial charge on any atom is 0.235 e. The van der Waals surface area contributed by atoms with E-state index in [2.05, 4.69) is 0 Å². The molecule has 1 aromatic rings. The highest BCUT2D eigenvalue weighted by atomic mass is 32.2. The van der Waals surface area contributed by atoms with Crippen molar-refractivity contribution in [2.24, 2.45) is 0 Å². The van der Waals surface area contributed by atoms with Crippen LogP contribution in [-0.2, 0) is 10.0 Å². The van der Waals surface area contributed by atoms with Gasteiger partial charge in [0.1, 0.15) is 11.5 Å². The van der Waals surface area contributed by atoms with E-state index in [4.69, 9.17) is 0 Å². The molecular weight excluding hydrogens is 243 g/mol. The van der Waals surface area contributed by atoms with Gasteiger partial charge in [0.05, 0.1) is 5.25 Å². The fourth-order valence-electron chi connectivity index (χ4n) is 0.900. The van der Waals surface area contributed by atoms with E-state index >= 15 is 0 Å². The van der Waals surface area contributed by atoms with E-state index in [1.165, 1.54) is 13.8 Å². The monoisotopic (exact) mass is 253 g/mol. The average molecular weight is 253 g/mol. The molecule has 0 aromatic heterocycles. The Hall–Kier alpha value is -1.24. The van der Waals surface area contributed by atoms with Crippen LogP contribution in [0.3, 0.4) is 0 Å². The summed E-state index contributed by atoms with van der Waals surface area (Å²) in [7, 11) is -3.86. The molecule has 0 saturated carbocycles. The van der Waals surface area contributed by atoms with Gasteiger partial charge in [-0.2, -0.15) is 0 Å². The number of rotatable bonds is 3. The van der Waals surface area contributed by atoms with E-state index in [-0.39, 0.29) is 0 Å². The first kappa shape index (κ1) is 12.8. The smallest absolute Gasteiger partial charge is 0.235 e. The van der Waals surface area contributed by atoms with Crippen molar-refractivity contribution in [3.05, 3.63) is 29.6 Å². The second kappa shape index (κ2) is 4.32. The van der Waals surface area contributed by atoms with E-state index in [1.54, 1.807) is 4.72 Å². The van der Waals surface area contributed by atoms with Crippen molar-refractivity contribution in [1.82, 2.24) is 0 Å². The molecule has 1 N–H and O–H groups in total. The number of hydrogen-bond donors (Lipinski definition) is 1. The van der Waals surface area contributed by atoms with Gasteiger partial charge in [0.2, 0.25) is 10.0 Å². The molecule has 7 heteroatoms. The van der Waals surface area contributed by atoms with E-state index < -0.39 is 38.4 Å². The predicted octanol–water partition coefficient (Wildman–Crippen LogP) is 2.25. The number of halogens is 3. The lowest BCUT2D eigenvalue weighted by Gasteiger charge is -2.12. The molecule has 3 nitrogen and oxygen atoms in total. The van der Waals surface area contributed by atoms with Gasteiger partial charge in [-0.05, 0) is 13.8 Å². The van der Waals surface area contributed by atoms with Crippen molar-refractivity contribution in [2.45, 2.75) is 19.1 Å². The fourth-order valence-corrected chi connectivity index (χ4v) is 1.62. The largest absolute Gasteiger partial charge is 0.278 e. The first-order chi connectivity index (χ1) is 7.24. The number of sulfonamides is 1. The predicted molar refractivity (Wildman–Crippen MR) is 54.0 cm³/mol. The standard InChI is InChI=1S/C9H10F3NO2S/c1-5(2)16(14,15)13-9-7(11)3-6(10)4-8(9)12/h3-5,13H,1-2H3. The average Bonchev–Trinajstić information content (AvgIpc) is 2.11. The minimum atomic E-state index is -3.86. The Balaban J connectivity index is 3.17. The molecular formula is C9H10F3NO2S. The van der Waals surface area contributed by atoms with Crippen molar-refractivity contribution >= 4 is 15.7 Å². The zero-order valence-electron chi connectivity index (χ0n) is 8.59. The van der Waals surface area contributed by atoms with Crippen molar-refractivity contribution in [2.75, 3.05) is 4.72 Å². The molecule has 0 saturated heterocycles. The Morgan fingerprint density at radius 2 is 1.56 bits per heavy atom. The van der Waals surface area contributed by atoms with Crippen molar-refractivity contribution < 1.29 is 21.6 Å². The third-order valence-electron chi connectivity index (χ3n) is 1.87. The zero-order chi connectivity index (χ0) is 12.5. The van der Waals surface area contributed by atoms with Crippen LogP contribution in [-0.4, -0.2) is 13.7 Å². The second-order valence-electron chi connectivity index (χ2n) is 3.44. The summed E-state index contributed by atoms with van der Waals surface area (Å²) < 4.78 is 63.2. The summed E-state index contributed by atoms with van der Waals surface area (Å²) >= 11 is 0. The van der Waals surface area contributed by atoms with Crippen molar-refractivity contribution in [3.63, 3.8) is 0 Å². The molecule has 0 aliphatic carbocycles. The molecule has 0 fully saturated rings. The van der Waals surface area contributed by atoms with Gasteiger partial charge in [0.25, 0.3) is 0 Å². The van der Waals surface area contributed by atoms with Crippen LogP contribution >= 0.6 is 0 Å². The lowest BCUT2D eigenvalue weighted by Crippen LogP contribution is -2.23. The lowest BCUT2D eigenvalue weighted by molar-refractivity contribution is 0.547. The van der Waals surface area contributed by atoms with Gasteiger partial charge >= 0.3 is 0 Å². The molecule has 0 amide bonds. The van der Waals surface area contributed by atoms with E-state index in [0.29, 0.717) is 12.1 Å². The number of hydrogen-bond acceptors (Lipinski definition) is 2. The second-order valence-corrected chi connectivity index (χ2v) is 5.68. The van der Waals surface area contributed by atoms with Gasteiger partial charge in [0, 0.05) is 12.1 Å². The number of nitrogens with one attached hydrogen (secondary N) is 1. The Kier molecular flexibility index (Phi) is 3.47. The van der Waals surface area contributed by atoms with Crippen LogP contribution in [0.1, 0.15) is 13.8 Å². The molecule has 0 spiro atoms. The summed E-state index contributed by atoms with van der Waals surface area (Å²) in [6.45, 7) is 2.70. The molecule has 16 heavy (non-hydrogen) atoms. The van der Waals surface area contributed by atoms with Gasteiger partial charge < -0.3 is 0 Å². The Bertz CT molecular complexity index is 476. The Morgan fingerprint density at radius 3 is 1.94 bits per heavy atom. The minimum absolute atomic E-state index is 0.404. The highest BCUT2D eigenvalue weighted by molar-refractivity contribution is 7.93. The Labute approximate surface area is 91.3 Å². The number of benzene rings is 1. The molecule has 0 heterocycles. The van der Waals surface area contributed by atoms with E-state index in [9.17, 15) is 21.6 Å². The van der Waals surface area contributed by atoms with Crippen molar-refractivity contribution in [3.8, 4) is 0 Å². The van der Waals surface area contributed by atoms with Gasteiger partial charge in [-0.1, -0.05) is 0 Å². The molecule has 0 radical (unpaired) electrons. The summed E-state index contributed by atoms with van der Waals surface area (Å²) in [4.78, 5) is 0. The van der Waals surface area contributed by atoms with Crippen LogP contribution < -0.4 is 4.72 Å². The Morgan fingerprint density at radius 1 is 1.12 bits per heavy atom. The van der Waals surface area contributed by atoms with Gasteiger partial charge in [-0.15, -0.1) is 0 Å². The molecule has 0 atom stereocenters. The highest BCUT2D eigenvalue weighted by Gasteiger charge is 2.20. The van der Waals surface area contributed by atoms with Crippen LogP contribution in [0.4, 0.5) is 18.9 Å². The molecule has 0 aliphatic heterocycles. The summed E-state index contributed by atoms with van der Waals surface area (Å²) in [6, 6.07) is 0.808. The van der Waals surface area contributed by atoms with Gasteiger partial charge in [-0.25, -0.2) is 21.6 Å². The molecule has 1 rings (SSSR count). The topological polar surface area (TPSA) is 46.2 Å². The molecule has 0 unspecified atom stereocenters. The maximum atomic E-state index is 13.1. The van der Waals surface area contributed by atoms with Crippen LogP contribution in [0.2, 0.25) is 0 Å². The van der Waals surface area contributed by atoms with E-state index in [1.807, 2.05) is 0 Å². The molecule has 1 aromatic carbocycles. The normalized spacial score (nSPS) is 11.9. The maximum absolute atomic E-state index is 13.1. The summed E-state index contributed by atoms with van der Waals surface area (Å²) in [5.41, 5.74) is -0.866. The highest BCUT2D eigenvalue weighted by Crippen LogP contribution is 2.22. The van der Waals surface area contributed by atoms with Crippen molar-refractivity contribution in [1.29, 1.82) is 0 Å². The lowest BCUT2D eigenvalue weighted by atomic mass is 10.3. The third-order valence-corrected chi connectivity index (χ3v) is 3.60. The first-order valence-corrected chi connectivity index (χ1v) is 5.95. The summed E-state index contributed by atoms with van der Waals surface area (Å²) in [5, 5.41) is -0.851. The van der Waals surface area contributed by atoms with Crippen LogP contribution in [0.25, 0.3) is 0 Å².